The zero-order chi connectivity index (χ0) is 12.8. The van der Waals surface area contributed by atoms with E-state index in [0.29, 0.717) is 13.2 Å². The third-order valence-electron chi connectivity index (χ3n) is 2.63. The first-order valence-electron chi connectivity index (χ1n) is 5.99. The average Bonchev–Trinajstić information content (AvgIpc) is 2.54. The fraction of sp³-hybridized carbons (Fsp3) is 0.583. The van der Waals surface area contributed by atoms with Gasteiger partial charge in [0.25, 0.3) is 0 Å². The molecule has 1 fully saturated rings. The van der Waals surface area contributed by atoms with Gasteiger partial charge in [0.05, 0.1) is 0 Å². The predicted molar refractivity (Wildman–Crippen MR) is 63.3 cm³/mol. The minimum absolute atomic E-state index is 0.0193. The normalized spacial score (nSPS) is 21.6. The molecule has 0 saturated carbocycles. The van der Waals surface area contributed by atoms with Gasteiger partial charge in [0, 0.05) is 0 Å². The molecule has 102 valence electrons. The third-order valence-corrected chi connectivity index (χ3v) is 4.88. The minimum atomic E-state index is -0.381. The first-order valence-corrected chi connectivity index (χ1v) is 8.76. The van der Waals surface area contributed by atoms with Crippen LogP contribution in [0.3, 0.4) is 0 Å². The molecule has 2 rings (SSSR count). The first-order chi connectivity index (χ1) is 8.74. The molecule has 0 aromatic carbocycles. The second-order valence-electron chi connectivity index (χ2n) is 4.22. The summed E-state index contributed by atoms with van der Waals surface area (Å²) in [5, 5.41) is 5.96. The van der Waals surface area contributed by atoms with Gasteiger partial charge in [-0.25, -0.2) is 0 Å². The molecule has 1 saturated heterocycles. The number of ether oxygens (including phenoxy) is 2. The molecular weight excluding hydrogens is 347 g/mol. The van der Waals surface area contributed by atoms with Gasteiger partial charge in [0.2, 0.25) is 0 Å². The van der Waals surface area contributed by atoms with Crippen LogP contribution in [-0.2, 0) is 9.47 Å². The fourth-order valence-corrected chi connectivity index (χ4v) is 3.47. The van der Waals surface area contributed by atoms with E-state index in [1.807, 2.05) is 13.0 Å². The van der Waals surface area contributed by atoms with E-state index in [9.17, 15) is 4.79 Å². The van der Waals surface area contributed by atoms with E-state index in [1.165, 1.54) is 5.57 Å². The number of allylic oxidation sites excluding steroid dienone is 2. The Balaban J connectivity index is 1.81. The topological polar surface area (TPSA) is 59.6 Å². The molecule has 0 bridgehead atoms. The van der Waals surface area contributed by atoms with Gasteiger partial charge >= 0.3 is 117 Å². The van der Waals surface area contributed by atoms with Gasteiger partial charge in [0.1, 0.15) is 0 Å². The fourth-order valence-electron chi connectivity index (χ4n) is 1.75. The van der Waals surface area contributed by atoms with E-state index in [2.05, 4.69) is 14.7 Å². The molecule has 2 heterocycles. The molecule has 0 aliphatic carbocycles. The number of alkyl carbamates (subject to hydrolysis) is 1. The van der Waals surface area contributed by atoms with Crippen LogP contribution in [0, 0.1) is 0 Å². The summed E-state index contributed by atoms with van der Waals surface area (Å²) in [5.41, 5.74) is 1.19. The second kappa shape index (κ2) is 6.98. The van der Waals surface area contributed by atoms with Crippen molar-refractivity contribution in [2.75, 3.05) is 17.8 Å². The average molecular weight is 365 g/mol. The molecular formula is C12H18IN2O3-. The molecule has 5 nitrogen and oxygen atoms in total. The van der Waals surface area contributed by atoms with Crippen LogP contribution in [-0.4, -0.2) is 30.0 Å². The standard InChI is InChI=1S/C12H18IN2O3/c1-9-6-11(14-8-13-7-9)15-12(16)18-10-2-4-17-5-3-10/h6-7,10,14H,2-5,8H2,1H3,(H,15,16)/q-1. The number of nitrogens with one attached hydrogen (secondary N) is 2. The number of alkyl halides is 1. The summed E-state index contributed by atoms with van der Waals surface area (Å²) in [7, 11) is 0. The van der Waals surface area contributed by atoms with Crippen molar-refractivity contribution < 1.29 is 35.5 Å². The molecule has 0 aromatic rings. The molecule has 0 aromatic heterocycles. The Morgan fingerprint density at radius 2 is 2.33 bits per heavy atom. The second-order valence-corrected chi connectivity index (χ2v) is 6.48. The van der Waals surface area contributed by atoms with Gasteiger partial charge in [-0.15, -0.1) is 0 Å². The van der Waals surface area contributed by atoms with Crippen LogP contribution < -0.4 is 31.8 Å². The van der Waals surface area contributed by atoms with E-state index in [4.69, 9.17) is 9.47 Å². The van der Waals surface area contributed by atoms with Crippen molar-refractivity contribution >= 4 is 6.09 Å². The van der Waals surface area contributed by atoms with Crippen molar-refractivity contribution in [2.45, 2.75) is 25.9 Å². The molecule has 0 unspecified atom stereocenters. The van der Waals surface area contributed by atoms with Gasteiger partial charge in [-0.2, -0.15) is 0 Å². The number of amides is 1. The van der Waals surface area contributed by atoms with E-state index >= 15 is 0 Å². The zero-order valence-electron chi connectivity index (χ0n) is 10.4. The van der Waals surface area contributed by atoms with Gasteiger partial charge in [-0.3, -0.25) is 0 Å². The first kappa shape index (κ1) is 13.7. The summed E-state index contributed by atoms with van der Waals surface area (Å²) in [6, 6.07) is 0. The van der Waals surface area contributed by atoms with Crippen molar-refractivity contribution in [2.24, 2.45) is 0 Å². The third kappa shape index (κ3) is 4.49. The Kier molecular flexibility index (Phi) is 5.30. The van der Waals surface area contributed by atoms with Gasteiger partial charge in [-0.05, 0) is 0 Å². The molecule has 1 amide bonds. The Morgan fingerprint density at radius 1 is 1.56 bits per heavy atom. The van der Waals surface area contributed by atoms with Crippen molar-refractivity contribution in [3.05, 3.63) is 21.6 Å². The van der Waals surface area contributed by atoms with E-state index in [-0.39, 0.29) is 33.4 Å². The summed E-state index contributed by atoms with van der Waals surface area (Å²) in [5.74, 6) is 0.734. The molecule has 0 spiro atoms. The number of hydrogen-bond donors (Lipinski definition) is 2. The number of hydrogen-bond acceptors (Lipinski definition) is 4. The maximum atomic E-state index is 11.7. The number of carbonyl (C=O) groups excluding carboxylic acids is 1. The molecule has 0 atom stereocenters. The van der Waals surface area contributed by atoms with Crippen LogP contribution in [0.4, 0.5) is 4.79 Å². The van der Waals surface area contributed by atoms with E-state index in [0.717, 1.165) is 23.2 Å². The van der Waals surface area contributed by atoms with E-state index in [1.54, 1.807) is 0 Å². The summed E-state index contributed by atoms with van der Waals surface area (Å²) in [6.07, 6.45) is 3.11. The molecule has 18 heavy (non-hydrogen) atoms. The SMILES string of the molecule is CC1=C[I-]CNC(NC(=O)OC2CCOCC2)=C1. The molecule has 2 aliphatic rings. The number of carbonyl (C=O) groups is 1. The molecule has 0 radical (unpaired) electrons. The van der Waals surface area contributed by atoms with E-state index < -0.39 is 0 Å². The molecule has 2 aliphatic heterocycles. The Morgan fingerprint density at radius 3 is 3.11 bits per heavy atom. The van der Waals surface area contributed by atoms with Crippen LogP contribution >= 0.6 is 0 Å². The van der Waals surface area contributed by atoms with Gasteiger partial charge in [0.15, 0.2) is 0 Å². The number of halogens is 1. The van der Waals surface area contributed by atoms with Crippen LogP contribution in [0.5, 0.6) is 0 Å². The molecule has 6 heteroatoms. The Labute approximate surface area is 117 Å². The predicted octanol–water partition coefficient (Wildman–Crippen LogP) is -1.71. The van der Waals surface area contributed by atoms with Crippen molar-refractivity contribution in [1.82, 2.24) is 10.6 Å². The van der Waals surface area contributed by atoms with Crippen LogP contribution in [0.2, 0.25) is 0 Å². The number of rotatable bonds is 2. The maximum absolute atomic E-state index is 11.7. The Hall–Kier alpha value is -0.760. The molecule has 2 N–H and O–H groups in total. The zero-order valence-corrected chi connectivity index (χ0v) is 12.5. The van der Waals surface area contributed by atoms with Crippen LogP contribution in [0.15, 0.2) is 21.6 Å². The van der Waals surface area contributed by atoms with Crippen LogP contribution in [0.1, 0.15) is 19.8 Å². The van der Waals surface area contributed by atoms with Crippen molar-refractivity contribution in [1.29, 1.82) is 0 Å². The quantitative estimate of drug-likeness (QED) is 0.348. The summed E-state index contributed by atoms with van der Waals surface area (Å²) >= 11 is 0.0426. The van der Waals surface area contributed by atoms with Crippen molar-refractivity contribution in [3.8, 4) is 0 Å². The van der Waals surface area contributed by atoms with Gasteiger partial charge in [-0.1, -0.05) is 0 Å². The summed E-state index contributed by atoms with van der Waals surface area (Å²) in [6.45, 7) is 3.38. The van der Waals surface area contributed by atoms with Gasteiger partial charge < -0.3 is 0 Å². The summed E-state index contributed by atoms with van der Waals surface area (Å²) in [4.78, 5) is 11.7. The Bertz CT molecular complexity index is 362. The van der Waals surface area contributed by atoms with Crippen molar-refractivity contribution in [3.63, 3.8) is 0 Å². The monoisotopic (exact) mass is 365 g/mol. The summed E-state index contributed by atoms with van der Waals surface area (Å²) < 4.78 is 13.7. The van der Waals surface area contributed by atoms with Crippen LogP contribution in [0.25, 0.3) is 0 Å².